The number of hydrogen-bond donors (Lipinski definition) is 1. The summed E-state index contributed by atoms with van der Waals surface area (Å²) in [6.45, 7) is 3.36. The van der Waals surface area contributed by atoms with Crippen LogP contribution in [0.4, 0.5) is 4.39 Å². The average Bonchev–Trinajstić information content (AvgIpc) is 2.85. The fourth-order valence-corrected chi connectivity index (χ4v) is 1.79. The lowest BCUT2D eigenvalue weighted by molar-refractivity contribution is 0.273. The van der Waals surface area contributed by atoms with Gasteiger partial charge in [0.2, 0.25) is 0 Å². The van der Waals surface area contributed by atoms with Crippen molar-refractivity contribution in [3.63, 3.8) is 0 Å². The Morgan fingerprint density at radius 1 is 1.42 bits per heavy atom. The monoisotopic (exact) mass is 264 g/mol. The SMILES string of the molecule is CCn1ncnc1COc1ccc(CCN)cc1F. The summed E-state index contributed by atoms with van der Waals surface area (Å²) in [5.74, 6) is 0.507. The molecule has 1 aromatic carbocycles. The molecule has 0 fully saturated rings. The number of rotatable bonds is 6. The van der Waals surface area contributed by atoms with Gasteiger partial charge in [0.05, 0.1) is 0 Å². The van der Waals surface area contributed by atoms with Gasteiger partial charge < -0.3 is 10.5 Å². The van der Waals surface area contributed by atoms with E-state index in [9.17, 15) is 4.39 Å². The third kappa shape index (κ3) is 3.29. The van der Waals surface area contributed by atoms with Gasteiger partial charge in [0.1, 0.15) is 12.9 Å². The molecule has 2 rings (SSSR count). The number of benzene rings is 1. The van der Waals surface area contributed by atoms with E-state index in [0.29, 0.717) is 25.3 Å². The second kappa shape index (κ2) is 6.29. The molecule has 0 saturated carbocycles. The highest BCUT2D eigenvalue weighted by molar-refractivity contribution is 5.29. The van der Waals surface area contributed by atoms with Crippen LogP contribution < -0.4 is 10.5 Å². The van der Waals surface area contributed by atoms with Gasteiger partial charge in [0.25, 0.3) is 0 Å². The minimum atomic E-state index is -0.381. The van der Waals surface area contributed by atoms with E-state index in [-0.39, 0.29) is 18.2 Å². The Morgan fingerprint density at radius 2 is 2.26 bits per heavy atom. The van der Waals surface area contributed by atoms with Crippen molar-refractivity contribution in [1.82, 2.24) is 14.8 Å². The van der Waals surface area contributed by atoms with Gasteiger partial charge in [-0.15, -0.1) is 0 Å². The molecule has 0 amide bonds. The summed E-state index contributed by atoms with van der Waals surface area (Å²) < 4.78 is 20.9. The van der Waals surface area contributed by atoms with E-state index in [2.05, 4.69) is 10.1 Å². The van der Waals surface area contributed by atoms with Crippen LogP contribution in [0.1, 0.15) is 18.3 Å². The van der Waals surface area contributed by atoms with Crippen molar-refractivity contribution in [2.24, 2.45) is 5.73 Å². The predicted molar refractivity (Wildman–Crippen MR) is 69.2 cm³/mol. The average molecular weight is 264 g/mol. The molecule has 1 aromatic heterocycles. The number of ether oxygens (including phenoxy) is 1. The summed E-state index contributed by atoms with van der Waals surface area (Å²) in [6.07, 6.45) is 2.12. The third-order valence-corrected chi connectivity index (χ3v) is 2.78. The number of aromatic nitrogens is 3. The van der Waals surface area contributed by atoms with Gasteiger partial charge in [-0.1, -0.05) is 6.07 Å². The van der Waals surface area contributed by atoms with Gasteiger partial charge in [0, 0.05) is 6.54 Å². The van der Waals surface area contributed by atoms with Crippen molar-refractivity contribution >= 4 is 0 Å². The Balaban J connectivity index is 2.03. The lowest BCUT2D eigenvalue weighted by Crippen LogP contribution is -2.08. The second-order valence-corrected chi connectivity index (χ2v) is 4.08. The fraction of sp³-hybridized carbons (Fsp3) is 0.385. The lowest BCUT2D eigenvalue weighted by atomic mass is 10.1. The molecule has 0 aliphatic carbocycles. The Bertz CT molecular complexity index is 541. The lowest BCUT2D eigenvalue weighted by Gasteiger charge is -2.08. The molecule has 2 aromatic rings. The molecular weight excluding hydrogens is 247 g/mol. The Morgan fingerprint density at radius 3 is 2.95 bits per heavy atom. The van der Waals surface area contributed by atoms with Crippen LogP contribution in [0.3, 0.4) is 0 Å². The zero-order valence-electron chi connectivity index (χ0n) is 10.8. The van der Waals surface area contributed by atoms with Gasteiger partial charge >= 0.3 is 0 Å². The van der Waals surface area contributed by atoms with E-state index < -0.39 is 0 Å². The van der Waals surface area contributed by atoms with Crippen molar-refractivity contribution in [2.75, 3.05) is 6.54 Å². The topological polar surface area (TPSA) is 66.0 Å². The van der Waals surface area contributed by atoms with Gasteiger partial charge in [-0.2, -0.15) is 5.10 Å². The smallest absolute Gasteiger partial charge is 0.165 e. The van der Waals surface area contributed by atoms with Crippen LogP contribution in [0.5, 0.6) is 5.75 Å². The van der Waals surface area contributed by atoms with Crippen molar-refractivity contribution in [1.29, 1.82) is 0 Å². The zero-order chi connectivity index (χ0) is 13.7. The van der Waals surface area contributed by atoms with Crippen LogP contribution in [0.2, 0.25) is 0 Å². The first-order chi connectivity index (χ1) is 9.24. The van der Waals surface area contributed by atoms with Crippen molar-refractivity contribution in [2.45, 2.75) is 26.5 Å². The molecule has 5 nitrogen and oxygen atoms in total. The third-order valence-electron chi connectivity index (χ3n) is 2.78. The van der Waals surface area contributed by atoms with E-state index in [1.165, 1.54) is 12.4 Å². The first kappa shape index (κ1) is 13.5. The van der Waals surface area contributed by atoms with Gasteiger partial charge in [-0.05, 0) is 37.6 Å². The largest absolute Gasteiger partial charge is 0.483 e. The molecule has 0 unspecified atom stereocenters. The summed E-state index contributed by atoms with van der Waals surface area (Å²) >= 11 is 0. The molecule has 19 heavy (non-hydrogen) atoms. The molecule has 6 heteroatoms. The van der Waals surface area contributed by atoms with Gasteiger partial charge in [-0.25, -0.2) is 14.1 Å². The number of hydrogen-bond acceptors (Lipinski definition) is 4. The van der Waals surface area contributed by atoms with Crippen molar-refractivity contribution < 1.29 is 9.13 Å². The zero-order valence-corrected chi connectivity index (χ0v) is 10.8. The number of nitrogens with zero attached hydrogens (tertiary/aromatic N) is 3. The standard InChI is InChI=1S/C13H17FN4O/c1-2-18-13(16-9-17-18)8-19-12-4-3-10(5-6-15)7-11(12)14/h3-4,7,9H,2,5-6,8,15H2,1H3. The molecule has 0 radical (unpaired) electrons. The maximum atomic E-state index is 13.8. The molecule has 102 valence electrons. The summed E-state index contributed by atoms with van der Waals surface area (Å²) in [5, 5.41) is 4.03. The van der Waals surface area contributed by atoms with E-state index >= 15 is 0 Å². The maximum absolute atomic E-state index is 13.8. The van der Waals surface area contributed by atoms with E-state index in [1.54, 1.807) is 10.7 Å². The van der Waals surface area contributed by atoms with Crippen molar-refractivity contribution in [3.05, 3.63) is 41.7 Å². The maximum Gasteiger partial charge on any atom is 0.165 e. The van der Waals surface area contributed by atoms with Crippen LogP contribution in [-0.2, 0) is 19.6 Å². The molecule has 0 saturated heterocycles. The van der Waals surface area contributed by atoms with E-state index in [4.69, 9.17) is 10.5 Å². The summed E-state index contributed by atoms with van der Waals surface area (Å²) in [4.78, 5) is 4.07. The second-order valence-electron chi connectivity index (χ2n) is 4.08. The molecule has 0 atom stereocenters. The molecule has 2 N–H and O–H groups in total. The number of halogens is 1. The Kier molecular flexibility index (Phi) is 4.46. The fourth-order valence-electron chi connectivity index (χ4n) is 1.79. The summed E-state index contributed by atoms with van der Waals surface area (Å²) in [6, 6.07) is 4.88. The highest BCUT2D eigenvalue weighted by Crippen LogP contribution is 2.19. The van der Waals surface area contributed by atoms with Crippen molar-refractivity contribution in [3.8, 4) is 5.75 Å². The number of aryl methyl sites for hydroxylation is 1. The minimum absolute atomic E-state index is 0.195. The molecule has 0 aliphatic rings. The molecule has 0 spiro atoms. The number of nitrogens with two attached hydrogens (primary N) is 1. The van der Waals surface area contributed by atoms with Gasteiger partial charge in [0.15, 0.2) is 17.4 Å². The van der Waals surface area contributed by atoms with Crippen LogP contribution in [0.25, 0.3) is 0 Å². The molecule has 0 aliphatic heterocycles. The quantitative estimate of drug-likeness (QED) is 0.859. The summed E-state index contributed by atoms with van der Waals surface area (Å²) in [7, 11) is 0. The Labute approximate surface area is 111 Å². The Hall–Kier alpha value is -1.95. The van der Waals surface area contributed by atoms with Crippen LogP contribution in [-0.4, -0.2) is 21.3 Å². The highest BCUT2D eigenvalue weighted by Gasteiger charge is 2.08. The first-order valence-electron chi connectivity index (χ1n) is 6.22. The molecular formula is C13H17FN4O. The highest BCUT2D eigenvalue weighted by atomic mass is 19.1. The van der Waals surface area contributed by atoms with Crippen LogP contribution in [0.15, 0.2) is 24.5 Å². The van der Waals surface area contributed by atoms with Crippen LogP contribution >= 0.6 is 0 Å². The molecule has 0 bridgehead atoms. The van der Waals surface area contributed by atoms with Gasteiger partial charge in [-0.3, -0.25) is 0 Å². The minimum Gasteiger partial charge on any atom is -0.483 e. The normalized spacial score (nSPS) is 10.7. The van der Waals surface area contributed by atoms with Crippen LogP contribution in [0, 0.1) is 5.82 Å². The predicted octanol–water partition coefficient (Wildman–Crippen LogP) is 1.52. The molecule has 1 heterocycles. The first-order valence-corrected chi connectivity index (χ1v) is 6.22. The van der Waals surface area contributed by atoms with E-state index in [0.717, 1.165) is 5.56 Å². The summed E-state index contributed by atoms with van der Waals surface area (Å²) in [5.41, 5.74) is 6.30. The van der Waals surface area contributed by atoms with E-state index in [1.807, 2.05) is 13.0 Å².